The fourth-order valence-corrected chi connectivity index (χ4v) is 3.00. The molecule has 2 aromatic carbocycles. The summed E-state index contributed by atoms with van der Waals surface area (Å²) >= 11 is 6.21. The van der Waals surface area contributed by atoms with Gasteiger partial charge in [-0.05, 0) is 29.8 Å². The number of nitrogens with one attached hydrogen (secondary N) is 1. The van der Waals surface area contributed by atoms with Gasteiger partial charge in [-0.3, -0.25) is 9.79 Å². The van der Waals surface area contributed by atoms with E-state index in [0.29, 0.717) is 29.5 Å². The summed E-state index contributed by atoms with van der Waals surface area (Å²) in [6.45, 7) is 0.382. The third-order valence-corrected chi connectivity index (χ3v) is 4.50. The van der Waals surface area contributed by atoms with Gasteiger partial charge in [-0.1, -0.05) is 29.8 Å². The Morgan fingerprint density at radius 1 is 1.16 bits per heavy atom. The fourth-order valence-electron chi connectivity index (χ4n) is 2.78. The zero-order valence-electron chi connectivity index (χ0n) is 14.1. The van der Waals surface area contributed by atoms with E-state index in [1.54, 1.807) is 14.2 Å². The van der Waals surface area contributed by atoms with E-state index in [2.05, 4.69) is 10.3 Å². The topological polar surface area (TPSA) is 59.9 Å². The number of hydrogen-bond donors (Lipinski definition) is 1. The van der Waals surface area contributed by atoms with Crippen molar-refractivity contribution in [3.63, 3.8) is 0 Å². The maximum absolute atomic E-state index is 12.2. The lowest BCUT2D eigenvalue weighted by Crippen LogP contribution is -2.43. The van der Waals surface area contributed by atoms with Gasteiger partial charge < -0.3 is 14.8 Å². The van der Waals surface area contributed by atoms with E-state index in [9.17, 15) is 4.79 Å². The van der Waals surface area contributed by atoms with Crippen LogP contribution in [-0.2, 0) is 11.2 Å². The van der Waals surface area contributed by atoms with Gasteiger partial charge in [0.2, 0.25) is 5.91 Å². The van der Waals surface area contributed by atoms with Crippen molar-refractivity contribution in [3.05, 3.63) is 58.6 Å². The summed E-state index contributed by atoms with van der Waals surface area (Å²) < 4.78 is 10.6. The minimum absolute atomic E-state index is 0.0934. The molecule has 1 N–H and O–H groups in total. The smallest absolute Gasteiger partial charge is 0.245 e. The summed E-state index contributed by atoms with van der Waals surface area (Å²) in [6, 6.07) is 12.6. The second-order valence-corrected chi connectivity index (χ2v) is 6.08. The first-order chi connectivity index (χ1) is 12.1. The van der Waals surface area contributed by atoms with Crippen LogP contribution >= 0.6 is 11.6 Å². The van der Waals surface area contributed by atoms with E-state index < -0.39 is 6.04 Å². The maximum Gasteiger partial charge on any atom is 0.245 e. The molecule has 0 spiro atoms. The highest BCUT2D eigenvalue weighted by Crippen LogP contribution is 2.28. The summed E-state index contributed by atoms with van der Waals surface area (Å²) in [7, 11) is 3.18. The van der Waals surface area contributed by atoms with Crippen molar-refractivity contribution in [3.8, 4) is 11.5 Å². The van der Waals surface area contributed by atoms with Crippen molar-refractivity contribution >= 4 is 23.2 Å². The van der Waals surface area contributed by atoms with Crippen molar-refractivity contribution in [2.24, 2.45) is 4.99 Å². The van der Waals surface area contributed by atoms with E-state index in [4.69, 9.17) is 21.1 Å². The van der Waals surface area contributed by atoms with E-state index in [1.165, 1.54) is 0 Å². The molecule has 0 saturated carbocycles. The Kier molecular flexibility index (Phi) is 5.24. The third kappa shape index (κ3) is 3.77. The number of ether oxygens (including phenoxy) is 2. The molecule has 0 radical (unpaired) electrons. The van der Waals surface area contributed by atoms with Crippen molar-refractivity contribution in [2.75, 3.05) is 20.8 Å². The average molecular weight is 359 g/mol. The number of nitrogens with zero attached hydrogens (tertiary/aromatic N) is 1. The molecule has 0 bridgehead atoms. The predicted octanol–water partition coefficient (Wildman–Crippen LogP) is 2.89. The monoisotopic (exact) mass is 358 g/mol. The molecule has 1 amide bonds. The molecule has 5 nitrogen and oxygen atoms in total. The molecule has 1 unspecified atom stereocenters. The normalized spacial score (nSPS) is 16.8. The Labute approximate surface area is 151 Å². The molecule has 0 aliphatic carbocycles. The van der Waals surface area contributed by atoms with Crippen LogP contribution in [0, 0.1) is 0 Å². The highest BCUT2D eigenvalue weighted by atomic mass is 35.5. The van der Waals surface area contributed by atoms with E-state index >= 15 is 0 Å². The molecule has 6 heteroatoms. The van der Waals surface area contributed by atoms with Gasteiger partial charge in [0.15, 0.2) is 11.5 Å². The SMILES string of the molecule is COc1ccc(C2=NC(Cc3ccccc3Cl)C(=O)NC2)cc1OC. The van der Waals surface area contributed by atoms with Gasteiger partial charge in [0.05, 0.1) is 26.5 Å². The lowest BCUT2D eigenvalue weighted by molar-refractivity contribution is -0.122. The van der Waals surface area contributed by atoms with Gasteiger partial charge in [-0.2, -0.15) is 0 Å². The number of aliphatic imine (C=N–C) groups is 1. The van der Waals surface area contributed by atoms with Crippen LogP contribution in [-0.4, -0.2) is 38.4 Å². The molecule has 0 saturated heterocycles. The molecule has 1 heterocycles. The predicted molar refractivity (Wildman–Crippen MR) is 98.0 cm³/mol. The number of benzene rings is 2. The van der Waals surface area contributed by atoms with Crippen LogP contribution in [0.25, 0.3) is 0 Å². The minimum atomic E-state index is -0.503. The molecule has 1 aliphatic heterocycles. The number of halogens is 1. The lowest BCUT2D eigenvalue weighted by Gasteiger charge is -2.22. The van der Waals surface area contributed by atoms with Crippen LogP contribution in [0.15, 0.2) is 47.5 Å². The molecule has 0 aromatic heterocycles. The summed E-state index contributed by atoms with van der Waals surface area (Å²) in [5, 5.41) is 3.54. The molecule has 25 heavy (non-hydrogen) atoms. The maximum atomic E-state index is 12.2. The third-order valence-electron chi connectivity index (χ3n) is 4.13. The molecule has 3 rings (SSSR count). The van der Waals surface area contributed by atoms with Gasteiger partial charge >= 0.3 is 0 Å². The van der Waals surface area contributed by atoms with Crippen LogP contribution in [0.1, 0.15) is 11.1 Å². The average Bonchev–Trinajstić information content (AvgIpc) is 2.64. The van der Waals surface area contributed by atoms with Gasteiger partial charge in [-0.25, -0.2) is 0 Å². The first-order valence-corrected chi connectivity index (χ1v) is 8.30. The minimum Gasteiger partial charge on any atom is -0.493 e. The molecule has 1 atom stereocenters. The quantitative estimate of drug-likeness (QED) is 0.894. The number of amides is 1. The summed E-state index contributed by atoms with van der Waals surface area (Å²) in [5.74, 6) is 1.19. The van der Waals surface area contributed by atoms with Crippen LogP contribution in [0.2, 0.25) is 5.02 Å². The van der Waals surface area contributed by atoms with Crippen molar-refractivity contribution < 1.29 is 14.3 Å². The number of rotatable bonds is 5. The Hall–Kier alpha value is -2.53. The highest BCUT2D eigenvalue weighted by Gasteiger charge is 2.25. The van der Waals surface area contributed by atoms with Crippen molar-refractivity contribution in [2.45, 2.75) is 12.5 Å². The van der Waals surface area contributed by atoms with E-state index in [-0.39, 0.29) is 5.91 Å². The largest absolute Gasteiger partial charge is 0.493 e. The number of carbonyl (C=O) groups is 1. The van der Waals surface area contributed by atoms with Gasteiger partial charge in [0.1, 0.15) is 6.04 Å². The van der Waals surface area contributed by atoms with Gasteiger partial charge in [-0.15, -0.1) is 0 Å². The fraction of sp³-hybridized carbons (Fsp3) is 0.263. The zero-order chi connectivity index (χ0) is 17.8. The Bertz CT molecular complexity index is 820. The molecule has 0 fully saturated rings. The second-order valence-electron chi connectivity index (χ2n) is 5.67. The van der Waals surface area contributed by atoms with Crippen LogP contribution in [0.3, 0.4) is 0 Å². The summed E-state index contributed by atoms with van der Waals surface area (Å²) in [6.07, 6.45) is 0.461. The van der Waals surface area contributed by atoms with Gasteiger partial charge in [0, 0.05) is 17.0 Å². The van der Waals surface area contributed by atoms with Crippen molar-refractivity contribution in [1.29, 1.82) is 0 Å². The molecule has 130 valence electrons. The lowest BCUT2D eigenvalue weighted by atomic mass is 10.0. The first kappa shape index (κ1) is 17.3. The van der Waals surface area contributed by atoms with Crippen LogP contribution < -0.4 is 14.8 Å². The molecule has 2 aromatic rings. The van der Waals surface area contributed by atoms with Crippen LogP contribution in [0.4, 0.5) is 0 Å². The Morgan fingerprint density at radius 2 is 1.92 bits per heavy atom. The summed E-state index contributed by atoms with van der Waals surface area (Å²) in [4.78, 5) is 16.9. The number of hydrogen-bond acceptors (Lipinski definition) is 4. The Balaban J connectivity index is 1.89. The second kappa shape index (κ2) is 7.57. The van der Waals surface area contributed by atoms with Crippen LogP contribution in [0.5, 0.6) is 11.5 Å². The van der Waals surface area contributed by atoms with E-state index in [0.717, 1.165) is 16.8 Å². The standard InChI is InChI=1S/C19H19ClN2O3/c1-24-17-8-7-13(10-18(17)25-2)16-11-21-19(23)15(22-16)9-12-5-3-4-6-14(12)20/h3-8,10,15H,9,11H2,1-2H3,(H,21,23). The number of methoxy groups -OCH3 is 2. The Morgan fingerprint density at radius 3 is 2.64 bits per heavy atom. The first-order valence-electron chi connectivity index (χ1n) is 7.92. The molecular weight excluding hydrogens is 340 g/mol. The highest BCUT2D eigenvalue weighted by molar-refractivity contribution is 6.31. The van der Waals surface area contributed by atoms with Crippen molar-refractivity contribution in [1.82, 2.24) is 5.32 Å². The molecular formula is C19H19ClN2O3. The molecule has 1 aliphatic rings. The van der Waals surface area contributed by atoms with Gasteiger partial charge in [0.25, 0.3) is 0 Å². The number of carbonyl (C=O) groups excluding carboxylic acids is 1. The zero-order valence-corrected chi connectivity index (χ0v) is 14.8. The summed E-state index contributed by atoms with van der Waals surface area (Å²) in [5.41, 5.74) is 2.60. The van der Waals surface area contributed by atoms with E-state index in [1.807, 2.05) is 42.5 Å².